The molecule has 0 amide bonds. The Hall–Kier alpha value is -1.88. The first-order valence-electron chi connectivity index (χ1n) is 6.07. The summed E-state index contributed by atoms with van der Waals surface area (Å²) in [6, 6.07) is 10.7. The summed E-state index contributed by atoms with van der Waals surface area (Å²) in [5.74, 6) is 1.63. The molecule has 0 aliphatic rings. The van der Waals surface area contributed by atoms with Crippen molar-refractivity contribution in [3.05, 3.63) is 46.4 Å². The third kappa shape index (κ3) is 3.36. The van der Waals surface area contributed by atoms with Gasteiger partial charge in [0.1, 0.15) is 5.75 Å². The van der Waals surface area contributed by atoms with Crippen LogP contribution in [0.4, 0.5) is 5.69 Å². The topological polar surface area (TPSA) is 50.7 Å². The molecule has 2 aromatic rings. The summed E-state index contributed by atoms with van der Waals surface area (Å²) < 4.78 is 11.5. The van der Waals surface area contributed by atoms with Crippen LogP contribution in [0.3, 0.4) is 0 Å². The van der Waals surface area contributed by atoms with Crippen molar-refractivity contribution in [3.8, 4) is 17.2 Å². The molecule has 4 nitrogen and oxygen atoms in total. The zero-order valence-corrected chi connectivity index (χ0v) is 12.9. The monoisotopic (exact) mass is 337 g/mol. The van der Waals surface area contributed by atoms with Crippen molar-refractivity contribution in [2.75, 3.05) is 19.5 Å². The minimum absolute atomic E-state index is 0.253. The highest BCUT2D eigenvalue weighted by Crippen LogP contribution is 2.33. The third-order valence-electron chi connectivity index (χ3n) is 2.90. The molecule has 0 radical (unpaired) electrons. The van der Waals surface area contributed by atoms with Crippen LogP contribution in [0.1, 0.15) is 5.56 Å². The van der Waals surface area contributed by atoms with Crippen molar-refractivity contribution in [2.45, 2.75) is 6.54 Å². The predicted octanol–water partition coefficient (Wildman–Crippen LogP) is 3.78. The maximum atomic E-state index is 9.25. The van der Waals surface area contributed by atoms with E-state index in [4.69, 9.17) is 9.47 Å². The number of nitrogens with one attached hydrogen (secondary N) is 1. The molecule has 0 fully saturated rings. The Kier molecular flexibility index (Phi) is 4.74. The summed E-state index contributed by atoms with van der Waals surface area (Å²) in [4.78, 5) is 0. The van der Waals surface area contributed by atoms with Crippen LogP contribution in [0.25, 0.3) is 0 Å². The van der Waals surface area contributed by atoms with Crippen molar-refractivity contribution in [1.82, 2.24) is 0 Å². The molecule has 0 aromatic heterocycles. The molecular weight excluding hydrogens is 322 g/mol. The van der Waals surface area contributed by atoms with Crippen LogP contribution < -0.4 is 14.8 Å². The number of hydrogen-bond acceptors (Lipinski definition) is 4. The molecule has 0 saturated heterocycles. The van der Waals surface area contributed by atoms with E-state index in [1.807, 2.05) is 24.3 Å². The van der Waals surface area contributed by atoms with Crippen LogP contribution in [0.5, 0.6) is 17.2 Å². The van der Waals surface area contributed by atoms with Gasteiger partial charge >= 0.3 is 0 Å². The summed E-state index contributed by atoms with van der Waals surface area (Å²) in [7, 11) is 3.22. The van der Waals surface area contributed by atoms with Crippen molar-refractivity contribution < 1.29 is 14.6 Å². The highest BCUT2D eigenvalue weighted by molar-refractivity contribution is 9.10. The number of methoxy groups -OCH3 is 2. The van der Waals surface area contributed by atoms with Crippen molar-refractivity contribution in [2.24, 2.45) is 0 Å². The van der Waals surface area contributed by atoms with Gasteiger partial charge in [0.25, 0.3) is 0 Å². The van der Waals surface area contributed by atoms with Gasteiger partial charge in [0, 0.05) is 16.7 Å². The van der Waals surface area contributed by atoms with Gasteiger partial charge in [-0.05, 0) is 42.0 Å². The Bertz CT molecular complexity index is 584. The van der Waals surface area contributed by atoms with E-state index < -0.39 is 0 Å². The van der Waals surface area contributed by atoms with Crippen LogP contribution in [0.2, 0.25) is 0 Å². The number of rotatable bonds is 5. The number of benzene rings is 2. The average Bonchev–Trinajstić information content (AvgIpc) is 2.47. The van der Waals surface area contributed by atoms with Gasteiger partial charge in [-0.25, -0.2) is 0 Å². The van der Waals surface area contributed by atoms with Crippen LogP contribution in [-0.4, -0.2) is 19.3 Å². The fraction of sp³-hybridized carbons (Fsp3) is 0.200. The Morgan fingerprint density at radius 1 is 1.05 bits per heavy atom. The van der Waals surface area contributed by atoms with E-state index >= 15 is 0 Å². The Labute approximate surface area is 126 Å². The number of hydrogen-bond donors (Lipinski definition) is 2. The standard InChI is InChI=1S/C15H16BrNO3/c1-19-14-7-10(13(16)8-15(14)20-2)9-17-11-3-5-12(18)6-4-11/h3-8,17-18H,9H2,1-2H3. The molecular formula is C15H16BrNO3. The normalized spacial score (nSPS) is 10.2. The molecule has 106 valence electrons. The van der Waals surface area contributed by atoms with Gasteiger partial charge in [-0.1, -0.05) is 15.9 Å². The van der Waals surface area contributed by atoms with Crippen molar-refractivity contribution in [1.29, 1.82) is 0 Å². The van der Waals surface area contributed by atoms with Crippen LogP contribution in [0.15, 0.2) is 40.9 Å². The maximum Gasteiger partial charge on any atom is 0.161 e. The molecule has 0 bridgehead atoms. The number of phenols is 1. The molecule has 2 rings (SSSR count). The van der Waals surface area contributed by atoms with E-state index in [9.17, 15) is 5.11 Å². The first-order valence-corrected chi connectivity index (χ1v) is 6.86. The molecule has 0 atom stereocenters. The van der Waals surface area contributed by atoms with Gasteiger partial charge in [-0.3, -0.25) is 0 Å². The molecule has 0 aliphatic heterocycles. The predicted molar refractivity (Wildman–Crippen MR) is 82.7 cm³/mol. The first-order chi connectivity index (χ1) is 9.63. The molecule has 2 aromatic carbocycles. The minimum Gasteiger partial charge on any atom is -0.508 e. The fourth-order valence-electron chi connectivity index (χ4n) is 1.81. The van der Waals surface area contributed by atoms with Gasteiger partial charge in [-0.2, -0.15) is 0 Å². The van der Waals surface area contributed by atoms with E-state index in [0.717, 1.165) is 15.7 Å². The Balaban J connectivity index is 2.14. The lowest BCUT2D eigenvalue weighted by atomic mass is 10.2. The summed E-state index contributed by atoms with van der Waals surface area (Å²) >= 11 is 3.52. The highest BCUT2D eigenvalue weighted by Gasteiger charge is 2.09. The van der Waals surface area contributed by atoms with E-state index in [2.05, 4.69) is 21.2 Å². The van der Waals surface area contributed by atoms with Gasteiger partial charge in [0.15, 0.2) is 11.5 Å². The van der Waals surface area contributed by atoms with Gasteiger partial charge in [0.05, 0.1) is 14.2 Å². The summed E-state index contributed by atoms with van der Waals surface area (Å²) in [6.45, 7) is 0.631. The number of anilines is 1. The number of halogens is 1. The molecule has 0 spiro atoms. The molecule has 0 aliphatic carbocycles. The van der Waals surface area contributed by atoms with Gasteiger partial charge in [0.2, 0.25) is 0 Å². The second-order valence-corrected chi connectivity index (χ2v) is 5.05. The largest absolute Gasteiger partial charge is 0.508 e. The SMILES string of the molecule is COc1cc(Br)c(CNc2ccc(O)cc2)cc1OC. The van der Waals surface area contributed by atoms with Crippen molar-refractivity contribution in [3.63, 3.8) is 0 Å². The van der Waals surface area contributed by atoms with Gasteiger partial charge in [-0.15, -0.1) is 0 Å². The zero-order chi connectivity index (χ0) is 14.5. The lowest BCUT2D eigenvalue weighted by molar-refractivity contribution is 0.354. The zero-order valence-electron chi connectivity index (χ0n) is 11.3. The summed E-state index contributed by atoms with van der Waals surface area (Å²) in [5.41, 5.74) is 1.99. The average molecular weight is 338 g/mol. The van der Waals surface area contributed by atoms with E-state index in [1.54, 1.807) is 26.4 Å². The van der Waals surface area contributed by atoms with E-state index in [0.29, 0.717) is 18.0 Å². The van der Waals surface area contributed by atoms with Gasteiger partial charge < -0.3 is 19.9 Å². The van der Waals surface area contributed by atoms with E-state index in [1.165, 1.54) is 0 Å². The minimum atomic E-state index is 0.253. The maximum absolute atomic E-state index is 9.25. The van der Waals surface area contributed by atoms with E-state index in [-0.39, 0.29) is 5.75 Å². The third-order valence-corrected chi connectivity index (χ3v) is 3.64. The smallest absolute Gasteiger partial charge is 0.161 e. The summed E-state index contributed by atoms with van der Waals surface area (Å²) in [5, 5.41) is 12.5. The summed E-state index contributed by atoms with van der Waals surface area (Å²) in [6.07, 6.45) is 0. The molecule has 20 heavy (non-hydrogen) atoms. The van der Waals surface area contributed by atoms with Crippen LogP contribution in [0, 0.1) is 0 Å². The van der Waals surface area contributed by atoms with Crippen LogP contribution >= 0.6 is 15.9 Å². The van der Waals surface area contributed by atoms with Crippen molar-refractivity contribution >= 4 is 21.6 Å². The second kappa shape index (κ2) is 6.52. The molecule has 0 unspecified atom stereocenters. The first kappa shape index (κ1) is 14.5. The number of ether oxygens (including phenoxy) is 2. The molecule has 2 N–H and O–H groups in total. The Morgan fingerprint density at radius 3 is 2.25 bits per heavy atom. The molecule has 5 heteroatoms. The molecule has 0 saturated carbocycles. The van der Waals surface area contributed by atoms with Crippen LogP contribution in [-0.2, 0) is 6.54 Å². The lowest BCUT2D eigenvalue weighted by Gasteiger charge is -2.13. The molecule has 0 heterocycles. The quantitative estimate of drug-likeness (QED) is 0.815. The Morgan fingerprint density at radius 2 is 1.65 bits per heavy atom. The highest BCUT2D eigenvalue weighted by atomic mass is 79.9. The number of aromatic hydroxyl groups is 1. The lowest BCUT2D eigenvalue weighted by Crippen LogP contribution is -2.01. The number of phenolic OH excluding ortho intramolecular Hbond substituents is 1. The second-order valence-electron chi connectivity index (χ2n) is 4.20. The fourth-order valence-corrected chi connectivity index (χ4v) is 2.27.